The molecule has 0 aliphatic heterocycles. The van der Waals surface area contributed by atoms with Crippen molar-refractivity contribution in [3.05, 3.63) is 58.7 Å². The van der Waals surface area contributed by atoms with Gasteiger partial charge in [0.25, 0.3) is 0 Å². The van der Waals surface area contributed by atoms with E-state index in [1.165, 1.54) is 16.6 Å². The van der Waals surface area contributed by atoms with Crippen LogP contribution in [0.2, 0.25) is 0 Å². The Morgan fingerprint density at radius 3 is 2.62 bits per heavy atom. The molecular formula is C17H17BrN2O. The molecule has 0 fully saturated rings. The average Bonchev–Trinajstić information content (AvgIpc) is 2.74. The molecule has 0 saturated heterocycles. The highest BCUT2D eigenvalue weighted by atomic mass is 79.9. The molecule has 0 bridgehead atoms. The molecule has 21 heavy (non-hydrogen) atoms. The topological polar surface area (TPSA) is 40.2 Å². The van der Waals surface area contributed by atoms with Crippen LogP contribution in [-0.2, 0) is 6.54 Å². The molecule has 0 radical (unpaired) electrons. The van der Waals surface area contributed by atoms with Gasteiger partial charge in [0.05, 0.1) is 12.2 Å². The number of hydrogen-bond acceptors (Lipinski definition) is 2. The normalized spacial score (nSPS) is 11.0. The van der Waals surface area contributed by atoms with Gasteiger partial charge in [0, 0.05) is 21.1 Å². The predicted molar refractivity (Wildman–Crippen MR) is 90.7 cm³/mol. The molecule has 108 valence electrons. The predicted octanol–water partition coefficient (Wildman–Crippen LogP) is 4.37. The second-order valence-corrected chi connectivity index (χ2v) is 5.75. The Morgan fingerprint density at radius 2 is 1.81 bits per heavy atom. The zero-order chi connectivity index (χ0) is 14.8. The summed E-state index contributed by atoms with van der Waals surface area (Å²) in [6, 6.07) is 15.9. The summed E-state index contributed by atoms with van der Waals surface area (Å²) in [5.74, 6) is 0.741. The van der Waals surface area contributed by atoms with Crippen LogP contribution in [0.25, 0.3) is 10.9 Å². The van der Waals surface area contributed by atoms with Crippen LogP contribution >= 0.6 is 15.9 Å². The Labute approximate surface area is 132 Å². The van der Waals surface area contributed by atoms with Gasteiger partial charge in [0.1, 0.15) is 12.4 Å². The zero-order valence-electron chi connectivity index (χ0n) is 11.8. The number of ether oxygens (including phenoxy) is 1. The molecule has 0 aliphatic carbocycles. The van der Waals surface area contributed by atoms with Crippen molar-refractivity contribution in [3.8, 4) is 5.75 Å². The summed E-state index contributed by atoms with van der Waals surface area (Å²) in [6.45, 7) is 3.48. The zero-order valence-corrected chi connectivity index (χ0v) is 13.4. The summed E-state index contributed by atoms with van der Waals surface area (Å²) in [7, 11) is 0. The maximum Gasteiger partial charge on any atom is 0.142 e. The molecule has 3 nitrogen and oxygen atoms in total. The van der Waals surface area contributed by atoms with Crippen LogP contribution in [0.15, 0.2) is 53.0 Å². The summed E-state index contributed by atoms with van der Waals surface area (Å²) in [6.07, 6.45) is 0. The van der Waals surface area contributed by atoms with Crippen LogP contribution in [0.4, 0.5) is 5.69 Å². The van der Waals surface area contributed by atoms with Crippen molar-refractivity contribution in [2.45, 2.75) is 13.5 Å². The molecule has 2 aromatic carbocycles. The van der Waals surface area contributed by atoms with Crippen LogP contribution in [0.5, 0.6) is 5.75 Å². The standard InChI is InChI=1S/C17H17BrN2O/c1-12-17(18)13-6-2-4-8-15(13)20(12)10-11-21-16-9-5-3-7-14(16)19/h2-9H,10-11,19H2,1H3. The molecule has 1 aromatic heterocycles. The minimum atomic E-state index is 0.583. The third-order valence-electron chi connectivity index (χ3n) is 3.65. The largest absolute Gasteiger partial charge is 0.490 e. The van der Waals surface area contributed by atoms with Crippen molar-refractivity contribution in [1.82, 2.24) is 4.57 Å². The van der Waals surface area contributed by atoms with Crippen LogP contribution in [0.1, 0.15) is 5.69 Å². The van der Waals surface area contributed by atoms with E-state index in [9.17, 15) is 0 Å². The molecule has 3 rings (SSSR count). The van der Waals surface area contributed by atoms with Gasteiger partial charge in [-0.3, -0.25) is 0 Å². The number of aromatic nitrogens is 1. The molecule has 4 heteroatoms. The van der Waals surface area contributed by atoms with E-state index >= 15 is 0 Å². The lowest BCUT2D eigenvalue weighted by atomic mass is 10.2. The molecule has 3 aromatic rings. The number of nitrogens with zero attached hydrogens (tertiary/aromatic N) is 1. The smallest absolute Gasteiger partial charge is 0.142 e. The third kappa shape index (κ3) is 2.63. The van der Waals surface area contributed by atoms with Crippen molar-refractivity contribution >= 4 is 32.5 Å². The van der Waals surface area contributed by atoms with Gasteiger partial charge >= 0.3 is 0 Å². The first-order valence-electron chi connectivity index (χ1n) is 6.89. The van der Waals surface area contributed by atoms with Crippen LogP contribution in [0, 0.1) is 6.92 Å². The maximum absolute atomic E-state index is 5.89. The summed E-state index contributed by atoms with van der Waals surface area (Å²) in [5.41, 5.74) is 8.98. The number of rotatable bonds is 4. The van der Waals surface area contributed by atoms with E-state index in [-0.39, 0.29) is 0 Å². The molecule has 0 atom stereocenters. The minimum absolute atomic E-state index is 0.583. The Balaban J connectivity index is 1.80. The van der Waals surface area contributed by atoms with Gasteiger partial charge in [0.2, 0.25) is 0 Å². The molecule has 2 N–H and O–H groups in total. The van der Waals surface area contributed by atoms with Gasteiger partial charge in [-0.1, -0.05) is 30.3 Å². The summed E-state index contributed by atoms with van der Waals surface area (Å²) < 4.78 is 9.21. The lowest BCUT2D eigenvalue weighted by molar-refractivity contribution is 0.301. The molecule has 0 aliphatic rings. The second kappa shape index (κ2) is 5.82. The molecule has 0 spiro atoms. The first-order chi connectivity index (χ1) is 10.2. The number of hydrogen-bond donors (Lipinski definition) is 1. The van der Waals surface area contributed by atoms with Crippen molar-refractivity contribution in [1.29, 1.82) is 0 Å². The van der Waals surface area contributed by atoms with Crippen molar-refractivity contribution in [2.75, 3.05) is 12.3 Å². The van der Waals surface area contributed by atoms with E-state index in [4.69, 9.17) is 10.5 Å². The fraction of sp³-hybridized carbons (Fsp3) is 0.176. The summed E-state index contributed by atoms with van der Waals surface area (Å²) in [5, 5.41) is 1.23. The van der Waals surface area contributed by atoms with E-state index in [2.05, 4.69) is 51.7 Å². The molecule has 0 amide bonds. The van der Waals surface area contributed by atoms with Gasteiger partial charge in [-0.25, -0.2) is 0 Å². The Kier molecular flexibility index (Phi) is 3.88. The number of nitrogens with two attached hydrogens (primary N) is 1. The van der Waals surface area contributed by atoms with Gasteiger partial charge in [0.15, 0.2) is 0 Å². The third-order valence-corrected chi connectivity index (χ3v) is 4.65. The van der Waals surface area contributed by atoms with Crippen LogP contribution < -0.4 is 10.5 Å². The average molecular weight is 345 g/mol. The van der Waals surface area contributed by atoms with Gasteiger partial charge in [-0.2, -0.15) is 0 Å². The lowest BCUT2D eigenvalue weighted by Crippen LogP contribution is -2.10. The quantitative estimate of drug-likeness (QED) is 0.713. The van der Waals surface area contributed by atoms with Crippen molar-refractivity contribution in [3.63, 3.8) is 0 Å². The van der Waals surface area contributed by atoms with Crippen LogP contribution in [0.3, 0.4) is 0 Å². The highest BCUT2D eigenvalue weighted by Crippen LogP contribution is 2.30. The van der Waals surface area contributed by atoms with Gasteiger partial charge in [-0.15, -0.1) is 0 Å². The SMILES string of the molecule is Cc1c(Br)c2ccccc2n1CCOc1ccccc1N. The van der Waals surface area contributed by atoms with Crippen molar-refractivity contribution in [2.24, 2.45) is 0 Å². The first-order valence-corrected chi connectivity index (χ1v) is 7.68. The van der Waals surface area contributed by atoms with Crippen molar-refractivity contribution < 1.29 is 4.74 Å². The van der Waals surface area contributed by atoms with E-state index in [0.29, 0.717) is 12.3 Å². The number of benzene rings is 2. The number of para-hydroxylation sites is 3. The fourth-order valence-electron chi connectivity index (χ4n) is 2.54. The Morgan fingerprint density at radius 1 is 1.10 bits per heavy atom. The summed E-state index contributed by atoms with van der Waals surface area (Å²) >= 11 is 3.67. The van der Waals surface area contributed by atoms with E-state index in [1.54, 1.807) is 0 Å². The fourth-order valence-corrected chi connectivity index (χ4v) is 3.09. The summed E-state index contributed by atoms with van der Waals surface area (Å²) in [4.78, 5) is 0. The van der Waals surface area contributed by atoms with E-state index < -0.39 is 0 Å². The van der Waals surface area contributed by atoms with Gasteiger partial charge in [-0.05, 0) is 41.1 Å². The highest BCUT2D eigenvalue weighted by Gasteiger charge is 2.11. The maximum atomic E-state index is 5.89. The van der Waals surface area contributed by atoms with Gasteiger partial charge < -0.3 is 15.0 Å². The number of halogens is 1. The molecule has 1 heterocycles. The Hall–Kier alpha value is -1.94. The minimum Gasteiger partial charge on any atom is -0.490 e. The number of nitrogen functional groups attached to an aromatic ring is 1. The monoisotopic (exact) mass is 344 g/mol. The highest BCUT2D eigenvalue weighted by molar-refractivity contribution is 9.10. The first kappa shape index (κ1) is 14.0. The molecule has 0 unspecified atom stereocenters. The van der Waals surface area contributed by atoms with E-state index in [0.717, 1.165) is 16.8 Å². The number of fused-ring (bicyclic) bond motifs is 1. The molecule has 0 saturated carbocycles. The van der Waals surface area contributed by atoms with Crippen LogP contribution in [-0.4, -0.2) is 11.2 Å². The second-order valence-electron chi connectivity index (χ2n) is 4.95. The lowest BCUT2D eigenvalue weighted by Gasteiger charge is -2.11. The van der Waals surface area contributed by atoms with E-state index in [1.807, 2.05) is 24.3 Å². The Bertz CT molecular complexity index is 780. The number of anilines is 1. The molecular weight excluding hydrogens is 328 g/mol.